The Morgan fingerprint density at radius 2 is 1.67 bits per heavy atom. The summed E-state index contributed by atoms with van der Waals surface area (Å²) >= 11 is 0. The largest absolute Gasteiger partial charge is 0.294 e. The molecule has 1 aromatic rings. The average Bonchev–Trinajstić information content (AvgIpc) is 2.60. The summed E-state index contributed by atoms with van der Waals surface area (Å²) in [5.41, 5.74) is 2.37. The number of nitroso groups, excluding NO2 is 1. The van der Waals surface area contributed by atoms with Crippen molar-refractivity contribution in [2.24, 2.45) is 28.3 Å². The second-order valence-corrected chi connectivity index (χ2v) is 8.92. The first kappa shape index (κ1) is 23.5. The molecule has 2 bridgehead atoms. The smallest absolute Gasteiger partial charge is 0.160 e. The molecule has 2 aliphatic rings. The number of hydrogen-bond acceptors (Lipinski definition) is 3. The fraction of sp³-hybridized carbons (Fsp3) is 0.708. The van der Waals surface area contributed by atoms with Crippen LogP contribution in [0.3, 0.4) is 0 Å². The molecule has 2 saturated carbocycles. The zero-order chi connectivity index (χ0) is 20.6. The molecule has 0 spiro atoms. The summed E-state index contributed by atoms with van der Waals surface area (Å²) < 4.78 is 0. The molecule has 0 heterocycles. The number of fused-ring (bicyclic) bond motifs is 2. The SMILES string of the molecule is CC.CC1CC2CC(C1)CC(C)(C)C2.CCc1c(N=O)cccc1C(C)=O. The first-order chi connectivity index (χ1) is 12.8. The van der Waals surface area contributed by atoms with Gasteiger partial charge in [-0.25, -0.2) is 0 Å². The summed E-state index contributed by atoms with van der Waals surface area (Å²) in [6, 6.07) is 5.01. The van der Waals surface area contributed by atoms with E-state index in [0.29, 0.717) is 23.1 Å². The molecule has 0 amide bonds. The monoisotopic (exact) mass is 373 g/mol. The van der Waals surface area contributed by atoms with Crippen LogP contribution in [0.15, 0.2) is 23.4 Å². The van der Waals surface area contributed by atoms with E-state index in [4.69, 9.17) is 0 Å². The van der Waals surface area contributed by atoms with Crippen LogP contribution in [-0.2, 0) is 6.42 Å². The summed E-state index contributed by atoms with van der Waals surface area (Å²) in [4.78, 5) is 21.5. The van der Waals surface area contributed by atoms with E-state index in [0.717, 1.165) is 23.3 Å². The minimum Gasteiger partial charge on any atom is -0.294 e. The Morgan fingerprint density at radius 3 is 2.11 bits per heavy atom. The van der Waals surface area contributed by atoms with Crippen molar-refractivity contribution in [2.45, 2.75) is 87.0 Å². The van der Waals surface area contributed by atoms with Gasteiger partial charge in [-0.05, 0) is 85.4 Å². The van der Waals surface area contributed by atoms with Crippen LogP contribution in [0.5, 0.6) is 0 Å². The molecule has 2 atom stereocenters. The number of carbonyl (C=O) groups is 1. The van der Waals surface area contributed by atoms with Gasteiger partial charge in [0.25, 0.3) is 0 Å². The average molecular weight is 374 g/mol. The van der Waals surface area contributed by atoms with Gasteiger partial charge in [0.15, 0.2) is 5.78 Å². The van der Waals surface area contributed by atoms with E-state index in [-0.39, 0.29) is 5.78 Å². The van der Waals surface area contributed by atoms with Crippen LogP contribution >= 0.6 is 0 Å². The van der Waals surface area contributed by atoms with Crippen LogP contribution in [-0.4, -0.2) is 5.78 Å². The van der Waals surface area contributed by atoms with Crippen molar-refractivity contribution in [3.8, 4) is 0 Å². The van der Waals surface area contributed by atoms with Gasteiger partial charge in [-0.15, -0.1) is 4.91 Å². The van der Waals surface area contributed by atoms with Crippen molar-refractivity contribution in [1.82, 2.24) is 0 Å². The molecule has 0 aliphatic heterocycles. The molecule has 2 fully saturated rings. The molecule has 0 N–H and O–H groups in total. The predicted octanol–water partition coefficient (Wildman–Crippen LogP) is 7.73. The number of rotatable bonds is 3. The molecule has 0 aromatic heterocycles. The normalized spacial score (nSPS) is 25.2. The van der Waals surface area contributed by atoms with E-state index in [2.05, 4.69) is 25.9 Å². The van der Waals surface area contributed by atoms with E-state index in [1.807, 2.05) is 20.8 Å². The highest BCUT2D eigenvalue weighted by molar-refractivity contribution is 5.96. The molecule has 2 unspecified atom stereocenters. The quantitative estimate of drug-likeness (QED) is 0.402. The molecule has 152 valence electrons. The third kappa shape index (κ3) is 6.86. The van der Waals surface area contributed by atoms with Gasteiger partial charge < -0.3 is 0 Å². The number of benzene rings is 1. The number of Topliss-reactive ketones (excluding diaryl/α,β-unsaturated/α-hetero) is 1. The third-order valence-electron chi connectivity index (χ3n) is 5.80. The lowest BCUT2D eigenvalue weighted by molar-refractivity contribution is 0.0582. The first-order valence-corrected chi connectivity index (χ1v) is 10.7. The van der Waals surface area contributed by atoms with Gasteiger partial charge in [-0.2, -0.15) is 0 Å². The summed E-state index contributed by atoms with van der Waals surface area (Å²) in [5, 5.41) is 2.88. The van der Waals surface area contributed by atoms with Gasteiger partial charge >= 0.3 is 0 Å². The molecule has 2 aliphatic carbocycles. The maximum absolute atomic E-state index is 11.1. The van der Waals surface area contributed by atoms with Crippen LogP contribution in [0.25, 0.3) is 0 Å². The molecule has 1 aromatic carbocycles. The van der Waals surface area contributed by atoms with E-state index in [1.165, 1.54) is 32.6 Å². The van der Waals surface area contributed by atoms with Crippen molar-refractivity contribution in [3.05, 3.63) is 34.2 Å². The molecule has 0 radical (unpaired) electrons. The lowest BCUT2D eigenvalue weighted by atomic mass is 9.60. The molecular formula is C24H39NO2. The third-order valence-corrected chi connectivity index (χ3v) is 5.80. The number of nitrogens with zero attached hydrogens (tertiary/aromatic N) is 1. The fourth-order valence-corrected chi connectivity index (χ4v) is 5.24. The summed E-state index contributed by atoms with van der Waals surface area (Å²) in [7, 11) is 0. The summed E-state index contributed by atoms with van der Waals surface area (Å²) in [6.07, 6.45) is 8.21. The van der Waals surface area contributed by atoms with Crippen molar-refractivity contribution < 1.29 is 4.79 Å². The number of hydrogen-bond donors (Lipinski definition) is 0. The Bertz CT molecular complexity index is 601. The molecule has 3 nitrogen and oxygen atoms in total. The van der Waals surface area contributed by atoms with Crippen molar-refractivity contribution in [1.29, 1.82) is 0 Å². The zero-order valence-electron chi connectivity index (χ0n) is 18.5. The van der Waals surface area contributed by atoms with Crippen LogP contribution in [0.4, 0.5) is 5.69 Å². The Morgan fingerprint density at radius 1 is 1.11 bits per heavy atom. The van der Waals surface area contributed by atoms with Gasteiger partial charge in [0.1, 0.15) is 5.69 Å². The predicted molar refractivity (Wildman–Crippen MR) is 116 cm³/mol. The maximum Gasteiger partial charge on any atom is 0.160 e. The van der Waals surface area contributed by atoms with Gasteiger partial charge in [-0.1, -0.05) is 53.7 Å². The minimum absolute atomic E-state index is 0.0256. The van der Waals surface area contributed by atoms with Gasteiger partial charge in [0.2, 0.25) is 0 Å². The molecule has 3 rings (SSSR count). The highest BCUT2D eigenvalue weighted by Gasteiger charge is 2.38. The topological polar surface area (TPSA) is 46.5 Å². The zero-order valence-corrected chi connectivity index (χ0v) is 18.5. The van der Waals surface area contributed by atoms with Crippen LogP contribution < -0.4 is 0 Å². The molecule has 0 saturated heterocycles. The first-order valence-electron chi connectivity index (χ1n) is 10.7. The lowest BCUT2D eigenvalue weighted by Crippen LogP contribution is -2.34. The van der Waals surface area contributed by atoms with Gasteiger partial charge in [0, 0.05) is 5.56 Å². The maximum atomic E-state index is 11.1. The standard InChI is InChI=1S/C12H22.C10H11NO2.C2H6/c1-9-4-10-6-11(5-9)8-12(2,3)7-10;1-3-8-9(7(2)12)5-4-6-10(8)11-13;1-2/h9-11H,4-8H2,1-3H3;4-6H,3H2,1-2H3;1-2H3. The van der Waals surface area contributed by atoms with Crippen LogP contribution in [0, 0.1) is 28.1 Å². The Kier molecular flexibility index (Phi) is 9.35. The van der Waals surface area contributed by atoms with Crippen LogP contribution in [0.2, 0.25) is 0 Å². The second-order valence-electron chi connectivity index (χ2n) is 8.92. The van der Waals surface area contributed by atoms with E-state index < -0.39 is 0 Å². The number of carbonyl (C=O) groups excluding carboxylic acids is 1. The molecule has 27 heavy (non-hydrogen) atoms. The van der Waals surface area contributed by atoms with Crippen molar-refractivity contribution >= 4 is 11.5 Å². The highest BCUT2D eigenvalue weighted by atomic mass is 16.3. The molecular weight excluding hydrogens is 334 g/mol. The Labute approximate surface area is 166 Å². The van der Waals surface area contributed by atoms with E-state index in [1.54, 1.807) is 24.6 Å². The van der Waals surface area contributed by atoms with E-state index in [9.17, 15) is 9.70 Å². The second kappa shape index (κ2) is 10.7. The minimum atomic E-state index is -0.0256. The Balaban J connectivity index is 0.000000248. The van der Waals surface area contributed by atoms with Gasteiger partial charge in [0.05, 0.1) is 0 Å². The fourth-order valence-electron chi connectivity index (χ4n) is 5.24. The summed E-state index contributed by atoms with van der Waals surface area (Å²) in [5.74, 6) is 3.14. The van der Waals surface area contributed by atoms with E-state index >= 15 is 0 Å². The Hall–Kier alpha value is -1.51. The van der Waals surface area contributed by atoms with Gasteiger partial charge in [-0.3, -0.25) is 4.79 Å². The highest BCUT2D eigenvalue weighted by Crippen LogP contribution is 2.49. The summed E-state index contributed by atoms with van der Waals surface area (Å²) in [6.45, 7) is 14.8. The number of ketones is 1. The van der Waals surface area contributed by atoms with Crippen molar-refractivity contribution in [3.63, 3.8) is 0 Å². The molecule has 3 heteroatoms. The van der Waals surface area contributed by atoms with Crippen molar-refractivity contribution in [2.75, 3.05) is 0 Å². The lowest BCUT2D eigenvalue weighted by Gasteiger charge is -2.45. The van der Waals surface area contributed by atoms with Crippen LogP contribution in [0.1, 0.15) is 96.5 Å².